The maximum absolute atomic E-state index is 12.4. The van der Waals surface area contributed by atoms with Crippen LogP contribution in [0.4, 0.5) is 5.69 Å². The van der Waals surface area contributed by atoms with Crippen molar-refractivity contribution in [3.63, 3.8) is 0 Å². The van der Waals surface area contributed by atoms with Crippen molar-refractivity contribution in [1.82, 2.24) is 4.72 Å². The van der Waals surface area contributed by atoms with E-state index in [0.717, 1.165) is 6.26 Å². The summed E-state index contributed by atoms with van der Waals surface area (Å²) in [5, 5.41) is 3.06. The maximum atomic E-state index is 12.4. The molecule has 2 N–H and O–H groups in total. The summed E-state index contributed by atoms with van der Waals surface area (Å²) in [5.74, 6) is 0.756. The SMILES string of the molecule is COc1ccc(C(CC(=O)Nc2ccc(OC)c(Cl)c2)NS(C)(=O)=O)cc1. The van der Waals surface area contributed by atoms with Crippen LogP contribution in [-0.4, -0.2) is 34.8 Å². The zero-order valence-corrected chi connectivity index (χ0v) is 16.7. The Hall–Kier alpha value is -2.29. The smallest absolute Gasteiger partial charge is 0.226 e. The van der Waals surface area contributed by atoms with Gasteiger partial charge in [0.1, 0.15) is 11.5 Å². The summed E-state index contributed by atoms with van der Waals surface area (Å²) < 4.78 is 36.0. The Bertz CT molecular complexity index is 900. The van der Waals surface area contributed by atoms with E-state index >= 15 is 0 Å². The number of halogens is 1. The molecule has 0 radical (unpaired) electrons. The number of anilines is 1. The van der Waals surface area contributed by atoms with Crippen molar-refractivity contribution in [3.8, 4) is 11.5 Å². The Balaban J connectivity index is 2.15. The summed E-state index contributed by atoms with van der Waals surface area (Å²) in [7, 11) is -0.488. The maximum Gasteiger partial charge on any atom is 0.226 e. The standard InChI is InChI=1S/C18H21ClN2O5S/c1-25-14-7-4-12(5-8-14)16(21-27(3,23)24)11-18(22)20-13-6-9-17(26-2)15(19)10-13/h4-10,16,21H,11H2,1-3H3,(H,20,22). The summed E-state index contributed by atoms with van der Waals surface area (Å²) in [6.07, 6.45) is 0.952. The molecule has 2 aromatic carbocycles. The van der Waals surface area contributed by atoms with Crippen LogP contribution in [0, 0.1) is 0 Å². The minimum absolute atomic E-state index is 0.0942. The van der Waals surface area contributed by atoms with Gasteiger partial charge in [-0.15, -0.1) is 0 Å². The molecule has 2 aromatic rings. The molecule has 0 heterocycles. The van der Waals surface area contributed by atoms with E-state index in [1.54, 1.807) is 42.5 Å². The highest BCUT2D eigenvalue weighted by molar-refractivity contribution is 7.88. The number of ether oxygens (including phenoxy) is 2. The molecule has 0 bridgehead atoms. The van der Waals surface area contributed by atoms with Crippen LogP contribution >= 0.6 is 11.6 Å². The fourth-order valence-electron chi connectivity index (χ4n) is 2.46. The van der Waals surface area contributed by atoms with Crippen LogP contribution in [0.15, 0.2) is 42.5 Å². The van der Waals surface area contributed by atoms with E-state index in [1.165, 1.54) is 14.2 Å². The van der Waals surface area contributed by atoms with Gasteiger partial charge in [0.2, 0.25) is 15.9 Å². The van der Waals surface area contributed by atoms with Gasteiger partial charge in [-0.25, -0.2) is 13.1 Å². The molecule has 0 spiro atoms. The van der Waals surface area contributed by atoms with Gasteiger partial charge in [-0.1, -0.05) is 23.7 Å². The van der Waals surface area contributed by atoms with Gasteiger partial charge in [-0.3, -0.25) is 4.79 Å². The highest BCUT2D eigenvalue weighted by Crippen LogP contribution is 2.28. The molecule has 9 heteroatoms. The monoisotopic (exact) mass is 412 g/mol. The number of amides is 1. The average Bonchev–Trinajstić information content (AvgIpc) is 2.60. The third-order valence-corrected chi connectivity index (χ3v) is 4.71. The Kier molecular flexibility index (Phi) is 7.06. The van der Waals surface area contributed by atoms with E-state index < -0.39 is 16.1 Å². The number of hydrogen-bond acceptors (Lipinski definition) is 5. The molecule has 0 aliphatic rings. The van der Waals surface area contributed by atoms with Crippen molar-refractivity contribution in [2.75, 3.05) is 25.8 Å². The van der Waals surface area contributed by atoms with Crippen molar-refractivity contribution in [3.05, 3.63) is 53.1 Å². The average molecular weight is 413 g/mol. The second-order valence-electron chi connectivity index (χ2n) is 5.82. The molecule has 0 aromatic heterocycles. The summed E-state index contributed by atoms with van der Waals surface area (Å²) in [5.41, 5.74) is 1.13. The fourth-order valence-corrected chi connectivity index (χ4v) is 3.46. The van der Waals surface area contributed by atoms with Gasteiger partial charge >= 0.3 is 0 Å². The van der Waals surface area contributed by atoms with Crippen LogP contribution in [0.3, 0.4) is 0 Å². The lowest BCUT2D eigenvalue weighted by atomic mass is 10.0. The van der Waals surface area contributed by atoms with Crippen LogP contribution in [-0.2, 0) is 14.8 Å². The molecular formula is C18H21ClN2O5S. The van der Waals surface area contributed by atoms with Gasteiger partial charge in [-0.2, -0.15) is 0 Å². The minimum Gasteiger partial charge on any atom is -0.497 e. The molecule has 1 amide bonds. The molecular weight excluding hydrogens is 392 g/mol. The molecule has 7 nitrogen and oxygen atoms in total. The van der Waals surface area contributed by atoms with Gasteiger partial charge in [-0.05, 0) is 35.9 Å². The van der Waals surface area contributed by atoms with Crippen LogP contribution < -0.4 is 19.5 Å². The molecule has 0 aliphatic heterocycles. The van der Waals surface area contributed by atoms with Crippen LogP contribution in [0.25, 0.3) is 0 Å². The molecule has 0 saturated carbocycles. The normalized spacial score (nSPS) is 12.3. The Morgan fingerprint density at radius 2 is 1.78 bits per heavy atom. The van der Waals surface area contributed by atoms with Crippen LogP contribution in [0.2, 0.25) is 5.02 Å². The topological polar surface area (TPSA) is 93.7 Å². The van der Waals surface area contributed by atoms with Crippen molar-refractivity contribution in [2.45, 2.75) is 12.5 Å². The number of methoxy groups -OCH3 is 2. The predicted molar refractivity (Wildman–Crippen MR) is 105 cm³/mol. The number of sulfonamides is 1. The summed E-state index contributed by atoms with van der Waals surface area (Å²) in [6, 6.07) is 10.9. The second kappa shape index (κ2) is 9.07. The molecule has 27 heavy (non-hydrogen) atoms. The van der Waals surface area contributed by atoms with E-state index in [2.05, 4.69) is 10.0 Å². The molecule has 0 fully saturated rings. The quantitative estimate of drug-likeness (QED) is 0.695. The Morgan fingerprint density at radius 1 is 1.11 bits per heavy atom. The van der Waals surface area contributed by atoms with Crippen molar-refractivity contribution in [1.29, 1.82) is 0 Å². The van der Waals surface area contributed by atoms with E-state index in [0.29, 0.717) is 27.8 Å². The lowest BCUT2D eigenvalue weighted by Gasteiger charge is -2.18. The zero-order chi connectivity index (χ0) is 20.0. The first-order valence-electron chi connectivity index (χ1n) is 7.96. The summed E-state index contributed by atoms with van der Waals surface area (Å²) >= 11 is 6.05. The molecule has 1 atom stereocenters. The zero-order valence-electron chi connectivity index (χ0n) is 15.2. The molecule has 1 unspecified atom stereocenters. The van der Waals surface area contributed by atoms with Gasteiger partial charge in [0.05, 0.1) is 31.5 Å². The van der Waals surface area contributed by atoms with Crippen LogP contribution in [0.5, 0.6) is 11.5 Å². The largest absolute Gasteiger partial charge is 0.497 e. The van der Waals surface area contributed by atoms with Gasteiger partial charge < -0.3 is 14.8 Å². The lowest BCUT2D eigenvalue weighted by molar-refractivity contribution is -0.116. The highest BCUT2D eigenvalue weighted by atomic mass is 35.5. The first kappa shape index (κ1) is 21.0. The van der Waals surface area contributed by atoms with Crippen LogP contribution in [0.1, 0.15) is 18.0 Å². The van der Waals surface area contributed by atoms with Crippen molar-refractivity contribution >= 4 is 33.2 Å². The number of hydrogen-bond donors (Lipinski definition) is 2. The summed E-state index contributed by atoms with van der Waals surface area (Å²) in [4.78, 5) is 12.4. The van der Waals surface area contributed by atoms with Gasteiger partial charge in [0.15, 0.2) is 0 Å². The number of carbonyl (C=O) groups is 1. The third kappa shape index (κ3) is 6.42. The second-order valence-corrected chi connectivity index (χ2v) is 8.00. The van der Waals surface area contributed by atoms with Crippen molar-refractivity contribution < 1.29 is 22.7 Å². The number of rotatable bonds is 8. The predicted octanol–water partition coefficient (Wildman–Crippen LogP) is 2.98. The first-order valence-corrected chi connectivity index (χ1v) is 10.2. The molecule has 146 valence electrons. The van der Waals surface area contributed by atoms with Gasteiger partial charge in [0, 0.05) is 12.1 Å². The highest BCUT2D eigenvalue weighted by Gasteiger charge is 2.20. The Labute approximate surface area is 163 Å². The number of benzene rings is 2. The van der Waals surface area contributed by atoms with E-state index in [-0.39, 0.29) is 12.3 Å². The van der Waals surface area contributed by atoms with Crippen molar-refractivity contribution in [2.24, 2.45) is 0 Å². The Morgan fingerprint density at radius 3 is 2.30 bits per heavy atom. The van der Waals surface area contributed by atoms with Gasteiger partial charge in [0.25, 0.3) is 0 Å². The third-order valence-electron chi connectivity index (χ3n) is 3.70. The lowest BCUT2D eigenvalue weighted by Crippen LogP contribution is -2.30. The van der Waals surface area contributed by atoms with E-state index in [9.17, 15) is 13.2 Å². The molecule has 0 saturated heterocycles. The number of nitrogens with one attached hydrogen (secondary N) is 2. The fraction of sp³-hybridized carbons (Fsp3) is 0.278. The first-order chi connectivity index (χ1) is 12.7. The number of carbonyl (C=O) groups excluding carboxylic acids is 1. The van der Waals surface area contributed by atoms with E-state index in [1.807, 2.05) is 0 Å². The summed E-state index contributed by atoms with van der Waals surface area (Å²) in [6.45, 7) is 0. The van der Waals surface area contributed by atoms with E-state index in [4.69, 9.17) is 21.1 Å². The molecule has 0 aliphatic carbocycles. The minimum atomic E-state index is -3.52. The molecule has 2 rings (SSSR count).